The highest BCUT2D eigenvalue weighted by Gasteiger charge is 2.31. The van der Waals surface area contributed by atoms with Crippen molar-refractivity contribution in [1.82, 2.24) is 29.6 Å². The summed E-state index contributed by atoms with van der Waals surface area (Å²) in [6, 6.07) is 4.36. The van der Waals surface area contributed by atoms with Crippen molar-refractivity contribution in [2.24, 2.45) is 7.05 Å². The number of nitrogens with zero attached hydrogens (tertiary/aromatic N) is 7. The molecule has 0 N–H and O–H groups in total. The van der Waals surface area contributed by atoms with Crippen LogP contribution in [0, 0.1) is 20.8 Å². The zero-order valence-corrected chi connectivity index (χ0v) is 14.0. The molecule has 0 aliphatic carbocycles. The fourth-order valence-corrected chi connectivity index (χ4v) is 3.64. The van der Waals surface area contributed by atoms with Gasteiger partial charge >= 0.3 is 0 Å². The average Bonchev–Trinajstić information content (AvgIpc) is 3.16. The van der Waals surface area contributed by atoms with Crippen LogP contribution >= 0.6 is 0 Å². The maximum atomic E-state index is 4.66. The molecular formula is C16H21N7. The molecule has 0 bridgehead atoms. The van der Waals surface area contributed by atoms with Gasteiger partial charge in [-0.1, -0.05) is 0 Å². The minimum Gasteiger partial charge on any atom is -0.348 e. The van der Waals surface area contributed by atoms with Crippen molar-refractivity contribution in [3.8, 4) is 0 Å². The van der Waals surface area contributed by atoms with Gasteiger partial charge in [-0.05, 0) is 45.7 Å². The highest BCUT2D eigenvalue weighted by Crippen LogP contribution is 2.37. The summed E-state index contributed by atoms with van der Waals surface area (Å²) in [6.07, 6.45) is 2.29. The fraction of sp³-hybridized carbons (Fsp3) is 0.500. The Bertz CT molecular complexity index is 876. The van der Waals surface area contributed by atoms with Crippen molar-refractivity contribution in [2.45, 2.75) is 39.7 Å². The van der Waals surface area contributed by atoms with E-state index in [1.807, 2.05) is 30.8 Å². The van der Waals surface area contributed by atoms with E-state index < -0.39 is 0 Å². The van der Waals surface area contributed by atoms with Crippen molar-refractivity contribution in [2.75, 3.05) is 11.4 Å². The van der Waals surface area contributed by atoms with Gasteiger partial charge in [0.2, 0.25) is 0 Å². The zero-order chi connectivity index (χ0) is 16.1. The molecule has 4 heterocycles. The van der Waals surface area contributed by atoms with Crippen LogP contribution in [0.15, 0.2) is 12.1 Å². The van der Waals surface area contributed by atoms with E-state index in [9.17, 15) is 0 Å². The minimum atomic E-state index is 0.332. The third-order valence-corrected chi connectivity index (χ3v) is 4.74. The normalized spacial score (nSPS) is 18.3. The van der Waals surface area contributed by atoms with Crippen LogP contribution in [0.3, 0.4) is 0 Å². The highest BCUT2D eigenvalue weighted by atomic mass is 15.5. The van der Waals surface area contributed by atoms with E-state index in [0.29, 0.717) is 6.04 Å². The largest absolute Gasteiger partial charge is 0.348 e. The predicted molar refractivity (Wildman–Crippen MR) is 87.5 cm³/mol. The van der Waals surface area contributed by atoms with Gasteiger partial charge in [0.1, 0.15) is 5.82 Å². The topological polar surface area (TPSA) is 64.1 Å². The standard InChI is InChI=1S/C16H21N7/c1-10-16(11(2)21(4)18-10)13-6-5-9-22(13)15-8-7-14-17-12(3)19-23(14)20-15/h7-8,13H,5-6,9H2,1-4H3/t13-/m0/s1. The SMILES string of the molecule is Cc1nc2ccc(N3CCC[C@H]3c3c(C)nn(C)c3C)nn2n1. The number of hydrogen-bond acceptors (Lipinski definition) is 5. The van der Waals surface area contributed by atoms with Gasteiger partial charge in [-0.25, -0.2) is 4.98 Å². The second-order valence-electron chi connectivity index (χ2n) is 6.26. The number of aryl methyl sites for hydroxylation is 3. The summed E-state index contributed by atoms with van der Waals surface area (Å²) in [5.41, 5.74) is 4.47. The molecule has 0 unspecified atom stereocenters. The van der Waals surface area contributed by atoms with Crippen LogP contribution in [0.5, 0.6) is 0 Å². The van der Waals surface area contributed by atoms with E-state index >= 15 is 0 Å². The van der Waals surface area contributed by atoms with E-state index in [1.54, 1.807) is 4.63 Å². The van der Waals surface area contributed by atoms with E-state index in [-0.39, 0.29) is 0 Å². The van der Waals surface area contributed by atoms with Gasteiger partial charge in [0.25, 0.3) is 0 Å². The molecule has 0 spiro atoms. The Hall–Kier alpha value is -2.44. The van der Waals surface area contributed by atoms with Crippen LogP contribution < -0.4 is 4.90 Å². The lowest BCUT2D eigenvalue weighted by molar-refractivity contribution is 0.678. The molecule has 4 rings (SSSR count). The van der Waals surface area contributed by atoms with Crippen molar-refractivity contribution < 1.29 is 0 Å². The first-order chi connectivity index (χ1) is 11.0. The smallest absolute Gasteiger partial charge is 0.176 e. The van der Waals surface area contributed by atoms with Crippen molar-refractivity contribution in [3.63, 3.8) is 0 Å². The molecule has 7 heteroatoms. The average molecular weight is 311 g/mol. The fourth-order valence-electron chi connectivity index (χ4n) is 3.64. The van der Waals surface area contributed by atoms with Gasteiger partial charge < -0.3 is 4.90 Å². The first kappa shape index (κ1) is 14.2. The maximum absolute atomic E-state index is 4.66. The Morgan fingerprint density at radius 3 is 2.65 bits per heavy atom. The van der Waals surface area contributed by atoms with Crippen LogP contribution in [0.2, 0.25) is 0 Å². The Balaban J connectivity index is 1.76. The van der Waals surface area contributed by atoms with Crippen LogP contribution in [0.1, 0.15) is 41.7 Å². The molecule has 1 aliphatic heterocycles. The Morgan fingerprint density at radius 2 is 1.91 bits per heavy atom. The Kier molecular flexibility index (Phi) is 3.11. The van der Waals surface area contributed by atoms with E-state index in [2.05, 4.69) is 39.0 Å². The second kappa shape index (κ2) is 5.04. The first-order valence-electron chi connectivity index (χ1n) is 8.02. The van der Waals surface area contributed by atoms with Gasteiger partial charge in [-0.15, -0.1) is 14.8 Å². The van der Waals surface area contributed by atoms with Crippen LogP contribution in [-0.4, -0.2) is 36.1 Å². The summed E-state index contributed by atoms with van der Waals surface area (Å²) in [7, 11) is 2.01. The zero-order valence-electron chi connectivity index (χ0n) is 14.0. The maximum Gasteiger partial charge on any atom is 0.176 e. The molecule has 23 heavy (non-hydrogen) atoms. The van der Waals surface area contributed by atoms with Crippen LogP contribution in [0.4, 0.5) is 5.82 Å². The molecule has 0 radical (unpaired) electrons. The lowest BCUT2D eigenvalue weighted by Gasteiger charge is -2.26. The van der Waals surface area contributed by atoms with Crippen molar-refractivity contribution in [3.05, 3.63) is 34.9 Å². The third kappa shape index (κ3) is 2.18. The van der Waals surface area contributed by atoms with E-state index in [1.165, 1.54) is 11.3 Å². The first-order valence-corrected chi connectivity index (χ1v) is 8.02. The molecule has 1 atom stereocenters. The molecular weight excluding hydrogens is 290 g/mol. The Labute approximate surface area is 134 Å². The summed E-state index contributed by atoms with van der Waals surface area (Å²) in [5.74, 6) is 1.69. The van der Waals surface area contributed by atoms with E-state index in [0.717, 1.165) is 42.4 Å². The van der Waals surface area contributed by atoms with Crippen molar-refractivity contribution in [1.29, 1.82) is 0 Å². The summed E-state index contributed by atoms with van der Waals surface area (Å²) in [4.78, 5) is 6.72. The van der Waals surface area contributed by atoms with Gasteiger partial charge in [-0.3, -0.25) is 4.68 Å². The molecule has 0 amide bonds. The number of rotatable bonds is 2. The molecule has 0 aromatic carbocycles. The molecule has 1 aliphatic rings. The molecule has 1 fully saturated rings. The van der Waals surface area contributed by atoms with Crippen LogP contribution in [0.25, 0.3) is 5.65 Å². The molecule has 3 aromatic rings. The summed E-state index contributed by atoms with van der Waals surface area (Å²) < 4.78 is 3.60. The van der Waals surface area contributed by atoms with Crippen molar-refractivity contribution >= 4 is 11.5 Å². The van der Waals surface area contributed by atoms with Gasteiger partial charge in [0, 0.05) is 24.8 Å². The van der Waals surface area contributed by atoms with E-state index in [4.69, 9.17) is 0 Å². The molecule has 7 nitrogen and oxygen atoms in total. The molecule has 0 saturated carbocycles. The van der Waals surface area contributed by atoms with Gasteiger partial charge in [-0.2, -0.15) is 5.10 Å². The molecule has 120 valence electrons. The lowest BCUT2D eigenvalue weighted by atomic mass is 10.0. The quantitative estimate of drug-likeness (QED) is 0.725. The highest BCUT2D eigenvalue weighted by molar-refractivity contribution is 5.49. The molecule has 1 saturated heterocycles. The summed E-state index contributed by atoms with van der Waals surface area (Å²) >= 11 is 0. The number of anilines is 1. The van der Waals surface area contributed by atoms with Gasteiger partial charge in [0.05, 0.1) is 11.7 Å². The lowest BCUT2D eigenvalue weighted by Crippen LogP contribution is -2.25. The van der Waals surface area contributed by atoms with Crippen LogP contribution in [-0.2, 0) is 7.05 Å². The minimum absolute atomic E-state index is 0.332. The Morgan fingerprint density at radius 1 is 1.09 bits per heavy atom. The second-order valence-corrected chi connectivity index (χ2v) is 6.26. The number of hydrogen-bond donors (Lipinski definition) is 0. The number of aromatic nitrogens is 6. The summed E-state index contributed by atoms with van der Waals surface area (Å²) in [6.45, 7) is 7.12. The molecule has 3 aromatic heterocycles. The van der Waals surface area contributed by atoms with Gasteiger partial charge in [0.15, 0.2) is 11.5 Å². The predicted octanol–water partition coefficient (Wildman–Crippen LogP) is 2.12. The third-order valence-electron chi connectivity index (χ3n) is 4.74. The monoisotopic (exact) mass is 311 g/mol. The number of fused-ring (bicyclic) bond motifs is 1. The summed E-state index contributed by atoms with van der Waals surface area (Å²) in [5, 5.41) is 13.6.